The molecule has 0 bridgehead atoms. The minimum absolute atomic E-state index is 0.775. The lowest BCUT2D eigenvalue weighted by atomic mass is 10.0. The highest BCUT2D eigenvalue weighted by Crippen LogP contribution is 2.10. The van der Waals surface area contributed by atoms with Crippen molar-refractivity contribution in [3.63, 3.8) is 0 Å². The van der Waals surface area contributed by atoms with Gasteiger partial charge >= 0.3 is 0 Å². The summed E-state index contributed by atoms with van der Waals surface area (Å²) in [4.78, 5) is 2.55. The molecule has 0 aromatic carbocycles. The molecule has 0 amide bonds. The Morgan fingerprint density at radius 2 is 2.07 bits per heavy atom. The third-order valence-corrected chi connectivity index (χ3v) is 4.14. The predicted octanol–water partition coefficient (Wildman–Crippen LogP) is 2.06. The van der Waals surface area contributed by atoms with Gasteiger partial charge in [-0.2, -0.15) is 11.8 Å². The maximum atomic E-state index is 3.71. The molecule has 1 unspecified atom stereocenters. The highest BCUT2D eigenvalue weighted by molar-refractivity contribution is 7.98. The Morgan fingerprint density at radius 1 is 1.40 bits per heavy atom. The van der Waals surface area contributed by atoms with E-state index in [4.69, 9.17) is 0 Å². The normalized spacial score (nSPS) is 21.8. The number of hydrogen-bond donors (Lipinski definition) is 1. The van der Waals surface area contributed by atoms with Gasteiger partial charge in [-0.1, -0.05) is 13.8 Å². The number of piperidine rings is 1. The highest BCUT2D eigenvalue weighted by Gasteiger charge is 2.17. The average molecular weight is 230 g/mol. The van der Waals surface area contributed by atoms with Gasteiger partial charge in [-0.25, -0.2) is 0 Å². The highest BCUT2D eigenvalue weighted by atomic mass is 32.2. The second-order valence-electron chi connectivity index (χ2n) is 4.68. The second-order valence-corrected chi connectivity index (χ2v) is 5.59. The Morgan fingerprint density at radius 3 is 2.60 bits per heavy atom. The van der Waals surface area contributed by atoms with Crippen LogP contribution in [0.4, 0.5) is 0 Å². The van der Waals surface area contributed by atoms with Crippen molar-refractivity contribution in [1.82, 2.24) is 10.2 Å². The Balaban J connectivity index is 2.08. The summed E-state index contributed by atoms with van der Waals surface area (Å²) in [5, 5.41) is 3.71. The van der Waals surface area contributed by atoms with E-state index in [-0.39, 0.29) is 0 Å². The molecule has 0 saturated carbocycles. The van der Waals surface area contributed by atoms with Crippen molar-refractivity contribution in [3.05, 3.63) is 0 Å². The molecule has 1 saturated heterocycles. The molecule has 1 fully saturated rings. The van der Waals surface area contributed by atoms with Crippen LogP contribution in [0.2, 0.25) is 0 Å². The van der Waals surface area contributed by atoms with Gasteiger partial charge in [0.2, 0.25) is 0 Å². The minimum Gasteiger partial charge on any atom is -0.314 e. The zero-order chi connectivity index (χ0) is 11.1. The van der Waals surface area contributed by atoms with E-state index in [2.05, 4.69) is 30.3 Å². The molecular formula is C12H26N2S. The summed E-state index contributed by atoms with van der Waals surface area (Å²) in [6, 6.07) is 0.775. The Labute approximate surface area is 99.2 Å². The number of nitrogens with one attached hydrogen (secondary N) is 1. The van der Waals surface area contributed by atoms with E-state index in [0.717, 1.165) is 12.0 Å². The SMILES string of the molecule is CCN1CCC(NCC(C)CSC)CC1. The fraction of sp³-hybridized carbons (Fsp3) is 1.00. The molecule has 1 atom stereocenters. The lowest BCUT2D eigenvalue weighted by Gasteiger charge is -2.32. The molecule has 2 nitrogen and oxygen atoms in total. The first-order chi connectivity index (χ1) is 7.26. The molecule has 0 aromatic heterocycles. The molecule has 0 aliphatic carbocycles. The molecule has 1 rings (SSSR count). The van der Waals surface area contributed by atoms with E-state index < -0.39 is 0 Å². The number of likely N-dealkylation sites (tertiary alicyclic amines) is 1. The largest absolute Gasteiger partial charge is 0.314 e. The Kier molecular flexibility index (Phi) is 6.69. The molecular weight excluding hydrogens is 204 g/mol. The first-order valence-electron chi connectivity index (χ1n) is 6.21. The van der Waals surface area contributed by atoms with Crippen LogP contribution in [-0.2, 0) is 0 Å². The molecule has 1 N–H and O–H groups in total. The molecule has 1 heterocycles. The molecule has 90 valence electrons. The van der Waals surface area contributed by atoms with Crippen LogP contribution in [0.25, 0.3) is 0 Å². The quantitative estimate of drug-likeness (QED) is 0.752. The van der Waals surface area contributed by atoms with Gasteiger partial charge in [-0.15, -0.1) is 0 Å². The maximum absolute atomic E-state index is 3.71. The second kappa shape index (κ2) is 7.53. The van der Waals surface area contributed by atoms with Gasteiger partial charge in [-0.3, -0.25) is 0 Å². The van der Waals surface area contributed by atoms with Gasteiger partial charge in [0, 0.05) is 6.04 Å². The molecule has 0 aromatic rings. The van der Waals surface area contributed by atoms with Crippen LogP contribution in [-0.4, -0.2) is 49.1 Å². The average Bonchev–Trinajstić information content (AvgIpc) is 2.27. The zero-order valence-corrected chi connectivity index (χ0v) is 11.3. The minimum atomic E-state index is 0.775. The number of hydrogen-bond acceptors (Lipinski definition) is 3. The fourth-order valence-electron chi connectivity index (χ4n) is 2.16. The molecule has 1 aliphatic heterocycles. The van der Waals surface area contributed by atoms with Crippen molar-refractivity contribution in [2.75, 3.05) is 38.2 Å². The van der Waals surface area contributed by atoms with E-state index in [9.17, 15) is 0 Å². The Bertz CT molecular complexity index is 156. The zero-order valence-electron chi connectivity index (χ0n) is 10.5. The first kappa shape index (κ1) is 13.3. The van der Waals surface area contributed by atoms with E-state index in [1.165, 1.54) is 44.8 Å². The van der Waals surface area contributed by atoms with Crippen LogP contribution in [0, 0.1) is 5.92 Å². The topological polar surface area (TPSA) is 15.3 Å². The van der Waals surface area contributed by atoms with Gasteiger partial charge in [0.1, 0.15) is 0 Å². The third-order valence-electron chi connectivity index (χ3n) is 3.24. The fourth-order valence-corrected chi connectivity index (χ4v) is 2.85. The summed E-state index contributed by atoms with van der Waals surface area (Å²) < 4.78 is 0. The predicted molar refractivity (Wildman–Crippen MR) is 70.7 cm³/mol. The smallest absolute Gasteiger partial charge is 0.00915 e. The molecule has 1 aliphatic rings. The van der Waals surface area contributed by atoms with Crippen LogP contribution in [0.1, 0.15) is 26.7 Å². The summed E-state index contributed by atoms with van der Waals surface area (Å²) in [5.74, 6) is 2.09. The lowest BCUT2D eigenvalue weighted by Crippen LogP contribution is -2.43. The summed E-state index contributed by atoms with van der Waals surface area (Å²) in [6.45, 7) is 9.57. The first-order valence-corrected chi connectivity index (χ1v) is 7.60. The number of thioether (sulfide) groups is 1. The van der Waals surface area contributed by atoms with Crippen molar-refractivity contribution in [2.24, 2.45) is 5.92 Å². The summed E-state index contributed by atoms with van der Waals surface area (Å²) in [7, 11) is 0. The van der Waals surface area contributed by atoms with E-state index in [0.29, 0.717) is 0 Å². The van der Waals surface area contributed by atoms with Gasteiger partial charge in [0.05, 0.1) is 0 Å². The van der Waals surface area contributed by atoms with Gasteiger partial charge < -0.3 is 10.2 Å². The molecule has 0 spiro atoms. The Hall–Kier alpha value is 0.270. The third kappa shape index (κ3) is 5.23. The van der Waals surface area contributed by atoms with Crippen LogP contribution in [0.15, 0.2) is 0 Å². The van der Waals surface area contributed by atoms with E-state index >= 15 is 0 Å². The number of rotatable bonds is 6. The lowest BCUT2D eigenvalue weighted by molar-refractivity contribution is 0.204. The summed E-state index contributed by atoms with van der Waals surface area (Å²) in [6.07, 6.45) is 4.86. The van der Waals surface area contributed by atoms with Crippen molar-refractivity contribution in [2.45, 2.75) is 32.7 Å². The van der Waals surface area contributed by atoms with Crippen molar-refractivity contribution < 1.29 is 0 Å². The standard InChI is InChI=1S/C12H26N2S/c1-4-14-7-5-12(6-8-14)13-9-11(2)10-15-3/h11-13H,4-10H2,1-3H3. The molecule has 15 heavy (non-hydrogen) atoms. The van der Waals surface area contributed by atoms with Crippen molar-refractivity contribution in [3.8, 4) is 0 Å². The maximum Gasteiger partial charge on any atom is 0.00915 e. The van der Waals surface area contributed by atoms with Crippen LogP contribution >= 0.6 is 11.8 Å². The molecule has 0 radical (unpaired) electrons. The summed E-state index contributed by atoms with van der Waals surface area (Å²) in [5.41, 5.74) is 0. The van der Waals surface area contributed by atoms with Crippen LogP contribution in [0.3, 0.4) is 0 Å². The summed E-state index contributed by atoms with van der Waals surface area (Å²) >= 11 is 1.95. The van der Waals surface area contributed by atoms with E-state index in [1.54, 1.807) is 0 Å². The van der Waals surface area contributed by atoms with Crippen LogP contribution in [0.5, 0.6) is 0 Å². The number of nitrogens with zero attached hydrogens (tertiary/aromatic N) is 1. The van der Waals surface area contributed by atoms with Gasteiger partial charge in [0.15, 0.2) is 0 Å². The molecule has 3 heteroatoms. The van der Waals surface area contributed by atoms with E-state index in [1.807, 2.05) is 11.8 Å². The van der Waals surface area contributed by atoms with Crippen molar-refractivity contribution in [1.29, 1.82) is 0 Å². The monoisotopic (exact) mass is 230 g/mol. The van der Waals surface area contributed by atoms with Gasteiger partial charge in [0.25, 0.3) is 0 Å². The van der Waals surface area contributed by atoms with Gasteiger partial charge in [-0.05, 0) is 56.9 Å². The van der Waals surface area contributed by atoms with Crippen LogP contribution < -0.4 is 5.32 Å². The van der Waals surface area contributed by atoms with Crippen molar-refractivity contribution >= 4 is 11.8 Å².